The van der Waals surface area contributed by atoms with Crippen molar-refractivity contribution in [2.45, 2.75) is 0 Å². The van der Waals surface area contributed by atoms with Crippen molar-refractivity contribution in [1.29, 1.82) is 0 Å². The third-order valence-electron chi connectivity index (χ3n) is 4.65. The molecule has 2 heterocycles. The normalized spacial score (nSPS) is 10.9. The van der Waals surface area contributed by atoms with Gasteiger partial charge in [0, 0.05) is 17.4 Å². The predicted molar refractivity (Wildman–Crippen MR) is 121 cm³/mol. The van der Waals surface area contributed by atoms with Gasteiger partial charge in [-0.25, -0.2) is 9.97 Å². The first-order valence-corrected chi connectivity index (χ1v) is 10.3. The average molecular weight is 411 g/mol. The van der Waals surface area contributed by atoms with Gasteiger partial charge in [-0.15, -0.1) is 0 Å². The SMILES string of the molecule is O=C(COc1ccc2ccccc2c1)Nc1cccc(-c2nc3cccnc3s2)c1. The maximum absolute atomic E-state index is 12.4. The molecule has 0 unspecified atom stereocenters. The summed E-state index contributed by atoms with van der Waals surface area (Å²) in [4.78, 5) is 22.2. The summed E-state index contributed by atoms with van der Waals surface area (Å²) < 4.78 is 5.67. The lowest BCUT2D eigenvalue weighted by molar-refractivity contribution is -0.118. The number of benzene rings is 3. The van der Waals surface area contributed by atoms with Gasteiger partial charge in [-0.3, -0.25) is 4.79 Å². The highest BCUT2D eigenvalue weighted by molar-refractivity contribution is 7.21. The first-order chi connectivity index (χ1) is 14.7. The van der Waals surface area contributed by atoms with E-state index in [0.29, 0.717) is 11.4 Å². The average Bonchev–Trinajstić information content (AvgIpc) is 3.22. The van der Waals surface area contributed by atoms with Crippen molar-refractivity contribution in [1.82, 2.24) is 9.97 Å². The smallest absolute Gasteiger partial charge is 0.262 e. The molecule has 1 amide bonds. The van der Waals surface area contributed by atoms with Crippen molar-refractivity contribution in [2.24, 2.45) is 0 Å². The molecule has 1 N–H and O–H groups in total. The van der Waals surface area contributed by atoms with E-state index < -0.39 is 0 Å². The van der Waals surface area contributed by atoms with Crippen LogP contribution in [-0.2, 0) is 4.79 Å². The number of anilines is 1. The number of pyridine rings is 1. The third-order valence-corrected chi connectivity index (χ3v) is 5.68. The van der Waals surface area contributed by atoms with Crippen LogP contribution in [0.4, 0.5) is 5.69 Å². The lowest BCUT2D eigenvalue weighted by Crippen LogP contribution is -2.20. The second kappa shape index (κ2) is 7.93. The maximum atomic E-state index is 12.4. The number of fused-ring (bicyclic) bond motifs is 2. The molecule has 0 spiro atoms. The number of hydrogen-bond donors (Lipinski definition) is 1. The van der Waals surface area contributed by atoms with Crippen molar-refractivity contribution in [2.75, 3.05) is 11.9 Å². The summed E-state index contributed by atoms with van der Waals surface area (Å²) in [6.07, 6.45) is 1.76. The van der Waals surface area contributed by atoms with E-state index >= 15 is 0 Å². The van der Waals surface area contributed by atoms with E-state index in [1.54, 1.807) is 6.20 Å². The monoisotopic (exact) mass is 411 g/mol. The highest BCUT2D eigenvalue weighted by atomic mass is 32.1. The van der Waals surface area contributed by atoms with Crippen molar-refractivity contribution < 1.29 is 9.53 Å². The second-order valence-corrected chi connectivity index (χ2v) is 7.75. The Labute approximate surface area is 177 Å². The summed E-state index contributed by atoms with van der Waals surface area (Å²) in [6, 6.07) is 25.3. The Bertz CT molecular complexity index is 1330. The molecule has 6 heteroatoms. The molecule has 146 valence electrons. The first-order valence-electron chi connectivity index (χ1n) is 9.48. The molecule has 0 saturated carbocycles. The summed E-state index contributed by atoms with van der Waals surface area (Å²) in [5.41, 5.74) is 2.51. The van der Waals surface area contributed by atoms with Gasteiger partial charge in [-0.2, -0.15) is 0 Å². The van der Waals surface area contributed by atoms with Gasteiger partial charge in [-0.1, -0.05) is 53.8 Å². The van der Waals surface area contributed by atoms with E-state index in [1.165, 1.54) is 11.3 Å². The number of thiazole rings is 1. The Kier molecular flexibility index (Phi) is 4.83. The summed E-state index contributed by atoms with van der Waals surface area (Å²) in [6.45, 7) is -0.0619. The molecule has 2 aromatic heterocycles. The molecule has 0 aliphatic heterocycles. The topological polar surface area (TPSA) is 64.1 Å². The van der Waals surface area contributed by atoms with E-state index in [4.69, 9.17) is 4.74 Å². The Balaban J connectivity index is 1.27. The van der Waals surface area contributed by atoms with Crippen LogP contribution in [0.3, 0.4) is 0 Å². The van der Waals surface area contributed by atoms with E-state index in [9.17, 15) is 4.79 Å². The number of rotatable bonds is 5. The zero-order valence-corrected chi connectivity index (χ0v) is 16.7. The van der Waals surface area contributed by atoms with Gasteiger partial charge in [0.05, 0.1) is 0 Å². The van der Waals surface area contributed by atoms with Gasteiger partial charge in [0.2, 0.25) is 0 Å². The molecule has 30 heavy (non-hydrogen) atoms. The molecular formula is C24H17N3O2S. The van der Waals surface area contributed by atoms with Gasteiger partial charge >= 0.3 is 0 Å². The van der Waals surface area contributed by atoms with Crippen LogP contribution in [0.15, 0.2) is 85.1 Å². The number of amides is 1. The fraction of sp³-hybridized carbons (Fsp3) is 0.0417. The number of ether oxygens (including phenoxy) is 1. The van der Waals surface area contributed by atoms with Crippen molar-refractivity contribution in [3.8, 4) is 16.3 Å². The molecule has 5 rings (SSSR count). The van der Waals surface area contributed by atoms with E-state index in [-0.39, 0.29) is 12.5 Å². The van der Waals surface area contributed by atoms with E-state index in [1.807, 2.05) is 78.9 Å². The predicted octanol–water partition coefficient (Wildman–Crippen LogP) is 5.53. The molecule has 5 nitrogen and oxygen atoms in total. The zero-order chi connectivity index (χ0) is 20.3. The number of hydrogen-bond acceptors (Lipinski definition) is 5. The number of carbonyl (C=O) groups is 1. The molecule has 0 radical (unpaired) electrons. The Hall–Kier alpha value is -3.77. The Morgan fingerprint density at radius 3 is 2.73 bits per heavy atom. The first kappa shape index (κ1) is 18.3. The van der Waals surface area contributed by atoms with Crippen LogP contribution < -0.4 is 10.1 Å². The summed E-state index contributed by atoms with van der Waals surface area (Å²) in [5.74, 6) is 0.450. The molecule has 0 bridgehead atoms. The van der Waals surface area contributed by atoms with Crippen LogP contribution in [0, 0.1) is 0 Å². The zero-order valence-electron chi connectivity index (χ0n) is 15.9. The Morgan fingerprint density at radius 1 is 0.933 bits per heavy atom. The van der Waals surface area contributed by atoms with Crippen LogP contribution in [0.25, 0.3) is 31.7 Å². The van der Waals surface area contributed by atoms with Gasteiger partial charge in [-0.05, 0) is 47.2 Å². The van der Waals surface area contributed by atoms with Crippen LogP contribution in [0.5, 0.6) is 5.75 Å². The summed E-state index contributed by atoms with van der Waals surface area (Å²) >= 11 is 1.53. The van der Waals surface area contributed by atoms with Gasteiger partial charge in [0.25, 0.3) is 5.91 Å². The standard InChI is InChI=1S/C24H17N3O2S/c28-22(15-29-20-11-10-16-5-1-2-6-17(16)14-20)26-19-8-3-7-18(13-19)23-27-21-9-4-12-25-24(21)30-23/h1-14H,15H2,(H,26,28). The van der Waals surface area contributed by atoms with Gasteiger partial charge in [0.1, 0.15) is 21.1 Å². The van der Waals surface area contributed by atoms with Crippen LogP contribution in [-0.4, -0.2) is 22.5 Å². The van der Waals surface area contributed by atoms with E-state index in [2.05, 4.69) is 15.3 Å². The second-order valence-electron chi connectivity index (χ2n) is 6.77. The van der Waals surface area contributed by atoms with Crippen LogP contribution in [0.2, 0.25) is 0 Å². The Morgan fingerprint density at radius 2 is 1.83 bits per heavy atom. The molecule has 0 atom stereocenters. The highest BCUT2D eigenvalue weighted by Gasteiger charge is 2.09. The number of nitrogens with zero attached hydrogens (tertiary/aromatic N) is 2. The third kappa shape index (κ3) is 3.86. The maximum Gasteiger partial charge on any atom is 0.262 e. The fourth-order valence-electron chi connectivity index (χ4n) is 3.23. The minimum atomic E-state index is -0.216. The number of aromatic nitrogens is 2. The van der Waals surface area contributed by atoms with Crippen molar-refractivity contribution in [3.63, 3.8) is 0 Å². The molecular weight excluding hydrogens is 394 g/mol. The van der Waals surface area contributed by atoms with Crippen molar-refractivity contribution in [3.05, 3.63) is 85.1 Å². The summed E-state index contributed by atoms with van der Waals surface area (Å²) in [7, 11) is 0. The largest absolute Gasteiger partial charge is 0.484 e. The lowest BCUT2D eigenvalue weighted by Gasteiger charge is -2.09. The fourth-order valence-corrected chi connectivity index (χ4v) is 4.13. The molecule has 0 aliphatic carbocycles. The van der Waals surface area contributed by atoms with Crippen molar-refractivity contribution >= 4 is 44.1 Å². The minimum Gasteiger partial charge on any atom is -0.484 e. The van der Waals surface area contributed by atoms with E-state index in [0.717, 1.165) is 31.7 Å². The highest BCUT2D eigenvalue weighted by Crippen LogP contribution is 2.30. The molecule has 0 fully saturated rings. The van der Waals surface area contributed by atoms with Gasteiger partial charge < -0.3 is 10.1 Å². The van der Waals surface area contributed by atoms with Crippen LogP contribution >= 0.6 is 11.3 Å². The lowest BCUT2D eigenvalue weighted by atomic mass is 10.1. The molecule has 3 aromatic carbocycles. The number of carbonyl (C=O) groups excluding carboxylic acids is 1. The summed E-state index contributed by atoms with van der Waals surface area (Å²) in [5, 5.41) is 5.97. The minimum absolute atomic E-state index is 0.0619. The molecule has 0 aliphatic rings. The van der Waals surface area contributed by atoms with Crippen LogP contribution in [0.1, 0.15) is 0 Å². The van der Waals surface area contributed by atoms with Gasteiger partial charge in [0.15, 0.2) is 6.61 Å². The molecule has 5 aromatic rings. The number of nitrogens with one attached hydrogen (secondary N) is 1. The quantitative estimate of drug-likeness (QED) is 0.413. The molecule has 0 saturated heterocycles.